The van der Waals surface area contributed by atoms with Crippen molar-refractivity contribution < 1.29 is 29.0 Å². The summed E-state index contributed by atoms with van der Waals surface area (Å²) in [6, 6.07) is -0.971. The minimum absolute atomic E-state index is 0.000338. The molecule has 0 saturated carbocycles. The summed E-state index contributed by atoms with van der Waals surface area (Å²) < 4.78 is 11.9. The lowest BCUT2D eigenvalue weighted by Crippen LogP contribution is -2.58. The van der Waals surface area contributed by atoms with Crippen LogP contribution in [0.4, 0.5) is 0 Å². The van der Waals surface area contributed by atoms with E-state index in [1.54, 1.807) is 17.1 Å². The zero-order chi connectivity index (χ0) is 25.0. The molecule has 2 bridgehead atoms. The topological polar surface area (TPSA) is 96.4 Å². The number of halogens is 1. The van der Waals surface area contributed by atoms with Crippen molar-refractivity contribution in [3.05, 3.63) is 25.3 Å². The molecular weight excluding hydrogens is 504 g/mol. The van der Waals surface area contributed by atoms with Crippen molar-refractivity contribution in [2.75, 3.05) is 26.3 Å². The number of aliphatic hydroxyl groups is 1. The van der Waals surface area contributed by atoms with E-state index in [9.17, 15) is 19.5 Å². The molecule has 1 spiro atoms. The maximum Gasteiger partial charge on any atom is 0.312 e. The molecule has 190 valence electrons. The minimum Gasteiger partial charge on any atom is -0.465 e. The first kappa shape index (κ1) is 26.9. The van der Waals surface area contributed by atoms with E-state index in [4.69, 9.17) is 9.47 Å². The predicted octanol–water partition coefficient (Wildman–Crippen LogP) is 2.44. The summed E-state index contributed by atoms with van der Waals surface area (Å²) in [7, 11) is 0. The summed E-state index contributed by atoms with van der Waals surface area (Å²) in [5, 5.41) is 9.72. The molecule has 0 aromatic rings. The summed E-state index contributed by atoms with van der Waals surface area (Å²) in [6.45, 7) is 11.8. The SMILES string of the molecule is C=CCCCOC(=O)[C@H]1[C@H]2C(=O)N(CCO)C(C(=O)N(CC=C)C(C)CCC)C23CC(Br)[C@@H]1O3. The molecular formula is C25H37BrN2O6. The first-order valence-corrected chi connectivity index (χ1v) is 13.1. The number of hydrogen-bond acceptors (Lipinski definition) is 6. The number of aliphatic hydroxyl groups excluding tert-OH is 1. The minimum atomic E-state index is -1.14. The average molecular weight is 541 g/mol. The van der Waals surface area contributed by atoms with Gasteiger partial charge in [0.25, 0.3) is 0 Å². The van der Waals surface area contributed by atoms with Crippen molar-refractivity contribution in [3.8, 4) is 0 Å². The summed E-state index contributed by atoms with van der Waals surface area (Å²) in [5.74, 6) is -2.65. The molecule has 7 atom stereocenters. The summed E-state index contributed by atoms with van der Waals surface area (Å²) in [4.78, 5) is 43.8. The molecule has 3 saturated heterocycles. The Morgan fingerprint density at radius 2 is 2.15 bits per heavy atom. The molecule has 34 heavy (non-hydrogen) atoms. The third-order valence-corrected chi connectivity index (χ3v) is 8.13. The van der Waals surface area contributed by atoms with Crippen LogP contribution in [0.15, 0.2) is 25.3 Å². The zero-order valence-corrected chi connectivity index (χ0v) is 21.7. The van der Waals surface area contributed by atoms with Crippen molar-refractivity contribution in [1.82, 2.24) is 9.80 Å². The standard InChI is InChI=1S/C25H37BrN2O6/c1-5-8-9-14-33-24(32)18-19-22(30)28(12-13-29)21(25(19)15-17(26)20(18)34-25)23(31)27(11-7-3)16(4)10-6-2/h5,7,16-21,29H,1,3,6,8-15H2,2,4H3/t16?,17?,18-,19-,20-,21?,25?/m0/s1. The maximum absolute atomic E-state index is 14.0. The number of nitrogens with zero attached hydrogens (tertiary/aromatic N) is 2. The molecule has 0 aliphatic carbocycles. The molecule has 0 radical (unpaired) electrons. The fourth-order valence-electron chi connectivity index (χ4n) is 5.88. The van der Waals surface area contributed by atoms with Crippen molar-refractivity contribution in [2.24, 2.45) is 11.8 Å². The van der Waals surface area contributed by atoms with Gasteiger partial charge in [0, 0.05) is 24.0 Å². The van der Waals surface area contributed by atoms with Gasteiger partial charge in [-0.3, -0.25) is 14.4 Å². The molecule has 3 fully saturated rings. The molecule has 1 N–H and O–H groups in total. The van der Waals surface area contributed by atoms with Crippen LogP contribution < -0.4 is 0 Å². The van der Waals surface area contributed by atoms with Gasteiger partial charge in [-0.1, -0.05) is 41.4 Å². The number of fused-ring (bicyclic) bond motifs is 1. The molecule has 2 amide bonds. The molecule has 3 aliphatic heterocycles. The monoisotopic (exact) mass is 540 g/mol. The molecule has 0 aromatic carbocycles. The van der Waals surface area contributed by atoms with Crippen LogP contribution in [0, 0.1) is 11.8 Å². The number of unbranched alkanes of at least 4 members (excludes halogenated alkanes) is 1. The van der Waals surface area contributed by atoms with E-state index in [-0.39, 0.29) is 42.4 Å². The smallest absolute Gasteiger partial charge is 0.312 e. The maximum atomic E-state index is 14.0. The lowest BCUT2D eigenvalue weighted by Gasteiger charge is -2.39. The number of hydrogen-bond donors (Lipinski definition) is 1. The predicted molar refractivity (Wildman–Crippen MR) is 131 cm³/mol. The summed E-state index contributed by atoms with van der Waals surface area (Å²) in [6.07, 6.45) is 6.40. The third-order valence-electron chi connectivity index (χ3n) is 7.28. The Hall–Kier alpha value is -1.71. The number of ether oxygens (including phenoxy) is 2. The van der Waals surface area contributed by atoms with Gasteiger partial charge in [-0.05, 0) is 32.6 Å². The highest BCUT2D eigenvalue weighted by molar-refractivity contribution is 9.09. The van der Waals surface area contributed by atoms with Crippen molar-refractivity contribution >= 4 is 33.7 Å². The molecule has 3 aliphatic rings. The highest BCUT2D eigenvalue weighted by Crippen LogP contribution is 2.60. The Labute approximate surface area is 210 Å². The van der Waals surface area contributed by atoms with Crippen LogP contribution in [-0.2, 0) is 23.9 Å². The number of allylic oxidation sites excluding steroid dienone is 1. The number of rotatable bonds is 13. The number of carbonyl (C=O) groups is 3. The van der Waals surface area contributed by atoms with E-state index >= 15 is 0 Å². The van der Waals surface area contributed by atoms with Gasteiger partial charge in [-0.25, -0.2) is 0 Å². The Kier molecular flexibility index (Phi) is 8.98. The molecule has 8 nitrogen and oxygen atoms in total. The second kappa shape index (κ2) is 11.4. The van der Waals surface area contributed by atoms with Crippen molar-refractivity contribution in [3.63, 3.8) is 0 Å². The van der Waals surface area contributed by atoms with E-state index in [1.807, 2.05) is 6.92 Å². The van der Waals surface area contributed by atoms with Crippen molar-refractivity contribution in [2.45, 2.75) is 74.6 Å². The van der Waals surface area contributed by atoms with Gasteiger partial charge >= 0.3 is 5.97 Å². The number of likely N-dealkylation sites (tertiary alicyclic amines) is 1. The lowest BCUT2D eigenvalue weighted by atomic mass is 9.70. The van der Waals surface area contributed by atoms with Crippen LogP contribution in [0.25, 0.3) is 0 Å². The average Bonchev–Trinajstić information content (AvgIpc) is 3.39. The molecule has 3 heterocycles. The Morgan fingerprint density at radius 1 is 1.41 bits per heavy atom. The number of alkyl halides is 1. The van der Waals surface area contributed by atoms with Gasteiger partial charge in [-0.2, -0.15) is 0 Å². The van der Waals surface area contributed by atoms with Gasteiger partial charge in [0.15, 0.2) is 0 Å². The third kappa shape index (κ3) is 4.58. The quantitative estimate of drug-likeness (QED) is 0.167. The highest BCUT2D eigenvalue weighted by Gasteiger charge is 2.77. The van der Waals surface area contributed by atoms with Crippen LogP contribution in [0.5, 0.6) is 0 Å². The molecule has 0 aromatic heterocycles. The Morgan fingerprint density at radius 3 is 2.76 bits per heavy atom. The second-order valence-electron chi connectivity index (χ2n) is 9.43. The van der Waals surface area contributed by atoms with E-state index in [0.29, 0.717) is 19.4 Å². The first-order chi connectivity index (χ1) is 16.3. The molecule has 9 heteroatoms. The number of β-amino-alcohol motifs (C(OH)–C–C–N with tert-alkyl or cyclic N) is 1. The lowest BCUT2D eigenvalue weighted by molar-refractivity contribution is -0.155. The zero-order valence-electron chi connectivity index (χ0n) is 20.2. The van der Waals surface area contributed by atoms with Crippen molar-refractivity contribution in [1.29, 1.82) is 0 Å². The Bertz CT molecular complexity index is 806. The van der Waals surface area contributed by atoms with Crippen LogP contribution in [0.3, 0.4) is 0 Å². The normalized spacial score (nSPS) is 32.4. The number of amides is 2. The van der Waals surface area contributed by atoms with Crippen LogP contribution in [0.1, 0.15) is 46.0 Å². The van der Waals surface area contributed by atoms with E-state index in [0.717, 1.165) is 19.3 Å². The Balaban J connectivity index is 1.96. The first-order valence-electron chi connectivity index (χ1n) is 12.2. The van der Waals surface area contributed by atoms with E-state index < -0.39 is 35.6 Å². The molecule has 3 rings (SSSR count). The van der Waals surface area contributed by atoms with Gasteiger partial charge in [0.1, 0.15) is 11.6 Å². The van der Waals surface area contributed by atoms with Gasteiger partial charge < -0.3 is 24.4 Å². The van der Waals surface area contributed by atoms with Gasteiger partial charge in [-0.15, -0.1) is 13.2 Å². The van der Waals surface area contributed by atoms with E-state index in [2.05, 4.69) is 36.0 Å². The van der Waals surface area contributed by atoms with Gasteiger partial charge in [0.05, 0.1) is 31.2 Å². The number of esters is 1. The second-order valence-corrected chi connectivity index (χ2v) is 10.6. The number of carbonyl (C=O) groups excluding carboxylic acids is 3. The fourth-order valence-corrected chi connectivity index (χ4v) is 6.82. The summed E-state index contributed by atoms with van der Waals surface area (Å²) in [5.41, 5.74) is -1.14. The summed E-state index contributed by atoms with van der Waals surface area (Å²) >= 11 is 3.64. The van der Waals surface area contributed by atoms with Gasteiger partial charge in [0.2, 0.25) is 11.8 Å². The van der Waals surface area contributed by atoms with E-state index in [1.165, 1.54) is 4.90 Å². The van der Waals surface area contributed by atoms with Crippen LogP contribution in [0.2, 0.25) is 0 Å². The molecule has 4 unspecified atom stereocenters. The largest absolute Gasteiger partial charge is 0.465 e. The van der Waals surface area contributed by atoms with Crippen LogP contribution in [-0.4, -0.2) is 87.6 Å². The van der Waals surface area contributed by atoms with Crippen LogP contribution >= 0.6 is 15.9 Å². The fraction of sp³-hybridized carbons (Fsp3) is 0.720. The highest BCUT2D eigenvalue weighted by atomic mass is 79.9.